The number of hydrogen-bond donors (Lipinski definition) is 3. The van der Waals surface area contributed by atoms with Crippen LogP contribution in [0.15, 0.2) is 24.3 Å². The molecule has 2 atom stereocenters. The third kappa shape index (κ3) is 5.82. The van der Waals surface area contributed by atoms with Crippen molar-refractivity contribution in [2.75, 3.05) is 18.4 Å². The number of nitrogens with one attached hydrogen (secondary N) is 2. The fourth-order valence-corrected chi connectivity index (χ4v) is 3.84. The summed E-state index contributed by atoms with van der Waals surface area (Å²) in [6.45, 7) is 4.40. The summed E-state index contributed by atoms with van der Waals surface area (Å²) in [6, 6.07) is 7.68. The highest BCUT2D eigenvalue weighted by Crippen LogP contribution is 2.23. The molecular formula is C19H30Cl2N4O2. The number of carbonyl (C=O) groups excluding carboxylic acids is 2. The lowest BCUT2D eigenvalue weighted by atomic mass is 9.90. The van der Waals surface area contributed by atoms with Crippen molar-refractivity contribution in [3.63, 3.8) is 0 Å². The number of halogens is 2. The molecule has 27 heavy (non-hydrogen) atoms. The third-order valence-electron chi connectivity index (χ3n) is 5.38. The number of nitrogens with zero attached hydrogens (tertiary/aromatic N) is 1. The van der Waals surface area contributed by atoms with Gasteiger partial charge in [0.15, 0.2) is 0 Å². The van der Waals surface area contributed by atoms with E-state index in [4.69, 9.17) is 5.73 Å². The Morgan fingerprint density at radius 2 is 2.07 bits per heavy atom. The summed E-state index contributed by atoms with van der Waals surface area (Å²) >= 11 is 0. The molecule has 6 nitrogen and oxygen atoms in total. The van der Waals surface area contributed by atoms with Gasteiger partial charge in [0.25, 0.3) is 0 Å². The van der Waals surface area contributed by atoms with Gasteiger partial charge in [0.1, 0.15) is 0 Å². The van der Waals surface area contributed by atoms with E-state index < -0.39 is 5.54 Å². The van der Waals surface area contributed by atoms with Crippen LogP contribution in [-0.2, 0) is 16.1 Å². The van der Waals surface area contributed by atoms with Crippen LogP contribution in [0.5, 0.6) is 0 Å². The molecule has 2 saturated heterocycles. The summed E-state index contributed by atoms with van der Waals surface area (Å²) in [6.07, 6.45) is 4.87. The SMILES string of the molecule is CC1(C(=O)Nc2cccc(CN3CCCC3C(N)=O)c2)CCCCN1.Cl.Cl. The van der Waals surface area contributed by atoms with E-state index in [0.717, 1.165) is 56.4 Å². The predicted octanol–water partition coefficient (Wildman–Crippen LogP) is 2.45. The summed E-state index contributed by atoms with van der Waals surface area (Å²) in [7, 11) is 0. The monoisotopic (exact) mass is 416 g/mol. The summed E-state index contributed by atoms with van der Waals surface area (Å²) < 4.78 is 0. The van der Waals surface area contributed by atoms with Crippen molar-refractivity contribution < 1.29 is 9.59 Å². The number of likely N-dealkylation sites (tertiary alicyclic amines) is 1. The lowest BCUT2D eigenvalue weighted by Gasteiger charge is -2.33. The van der Waals surface area contributed by atoms with Gasteiger partial charge in [-0.25, -0.2) is 0 Å². The number of anilines is 1. The zero-order chi connectivity index (χ0) is 17.9. The molecule has 0 aliphatic carbocycles. The molecule has 1 aromatic carbocycles. The maximum Gasteiger partial charge on any atom is 0.244 e. The molecule has 2 heterocycles. The van der Waals surface area contributed by atoms with Crippen LogP contribution in [-0.4, -0.2) is 41.4 Å². The molecule has 2 aliphatic rings. The van der Waals surface area contributed by atoms with E-state index in [2.05, 4.69) is 15.5 Å². The number of primary amides is 1. The van der Waals surface area contributed by atoms with E-state index in [1.807, 2.05) is 31.2 Å². The van der Waals surface area contributed by atoms with Crippen molar-refractivity contribution in [2.45, 2.75) is 57.2 Å². The highest BCUT2D eigenvalue weighted by molar-refractivity contribution is 5.98. The standard InChI is InChI=1S/C19H28N4O2.2ClH/c1-19(9-2-3-10-21-19)18(25)22-15-7-4-6-14(12-15)13-23-11-5-8-16(23)17(20)24;;/h4,6-7,12,16,21H,2-3,5,8-11,13H2,1H3,(H2,20,24)(H,22,25);2*1H. The third-order valence-corrected chi connectivity index (χ3v) is 5.38. The van der Waals surface area contributed by atoms with Crippen LogP contribution in [0.3, 0.4) is 0 Å². The Kier molecular flexibility index (Phi) is 9.02. The second kappa shape index (κ2) is 10.3. The Bertz CT molecular complexity index is 650. The number of amides is 2. The van der Waals surface area contributed by atoms with Crippen LogP contribution in [0.2, 0.25) is 0 Å². The van der Waals surface area contributed by atoms with Gasteiger partial charge >= 0.3 is 0 Å². The van der Waals surface area contributed by atoms with E-state index >= 15 is 0 Å². The van der Waals surface area contributed by atoms with Crippen molar-refractivity contribution in [2.24, 2.45) is 5.73 Å². The van der Waals surface area contributed by atoms with Gasteiger partial charge in [-0.15, -0.1) is 24.8 Å². The van der Waals surface area contributed by atoms with Gasteiger partial charge in [0, 0.05) is 12.2 Å². The summed E-state index contributed by atoms with van der Waals surface area (Å²) in [4.78, 5) is 26.3. The van der Waals surface area contributed by atoms with Crippen LogP contribution >= 0.6 is 24.8 Å². The molecule has 2 fully saturated rings. The summed E-state index contributed by atoms with van der Waals surface area (Å²) in [5, 5.41) is 6.38. The summed E-state index contributed by atoms with van der Waals surface area (Å²) in [5.41, 5.74) is 6.86. The number of hydrogen-bond acceptors (Lipinski definition) is 4. The highest BCUT2D eigenvalue weighted by Gasteiger charge is 2.34. The molecule has 2 unspecified atom stereocenters. The Morgan fingerprint density at radius 1 is 1.30 bits per heavy atom. The molecule has 3 rings (SSSR count). The topological polar surface area (TPSA) is 87.5 Å². The zero-order valence-corrected chi connectivity index (χ0v) is 17.3. The minimum atomic E-state index is -0.500. The fourth-order valence-electron chi connectivity index (χ4n) is 3.84. The average Bonchev–Trinajstić information content (AvgIpc) is 3.04. The predicted molar refractivity (Wildman–Crippen MR) is 112 cm³/mol. The van der Waals surface area contributed by atoms with E-state index in [1.165, 1.54) is 0 Å². The first kappa shape index (κ1) is 23.7. The minimum absolute atomic E-state index is 0. The minimum Gasteiger partial charge on any atom is -0.368 e. The molecule has 2 aliphatic heterocycles. The molecule has 152 valence electrons. The number of piperidine rings is 1. The van der Waals surface area contributed by atoms with Crippen LogP contribution in [0, 0.1) is 0 Å². The van der Waals surface area contributed by atoms with Gasteiger partial charge in [-0.2, -0.15) is 0 Å². The first-order chi connectivity index (χ1) is 12.0. The smallest absolute Gasteiger partial charge is 0.244 e. The molecule has 0 saturated carbocycles. The first-order valence-corrected chi connectivity index (χ1v) is 9.17. The average molecular weight is 417 g/mol. The Labute approximate surface area is 173 Å². The maximum absolute atomic E-state index is 12.6. The van der Waals surface area contributed by atoms with E-state index in [9.17, 15) is 9.59 Å². The summed E-state index contributed by atoms with van der Waals surface area (Å²) in [5.74, 6) is -0.237. The Morgan fingerprint density at radius 3 is 2.74 bits per heavy atom. The quantitative estimate of drug-likeness (QED) is 0.687. The van der Waals surface area contributed by atoms with Crippen molar-refractivity contribution in [3.8, 4) is 0 Å². The second-order valence-electron chi connectivity index (χ2n) is 7.40. The van der Waals surface area contributed by atoms with Crippen LogP contribution in [0.1, 0.15) is 44.6 Å². The van der Waals surface area contributed by atoms with E-state index in [-0.39, 0.29) is 42.7 Å². The van der Waals surface area contributed by atoms with Crippen molar-refractivity contribution in [1.29, 1.82) is 0 Å². The number of carbonyl (C=O) groups is 2. The molecule has 1 aromatic rings. The van der Waals surface area contributed by atoms with Gasteiger partial charge in [0.2, 0.25) is 11.8 Å². The van der Waals surface area contributed by atoms with Crippen molar-refractivity contribution >= 4 is 42.3 Å². The van der Waals surface area contributed by atoms with Crippen molar-refractivity contribution in [1.82, 2.24) is 10.2 Å². The largest absolute Gasteiger partial charge is 0.368 e. The molecule has 8 heteroatoms. The molecular weight excluding hydrogens is 387 g/mol. The Hall–Kier alpha value is -1.34. The van der Waals surface area contributed by atoms with Gasteiger partial charge in [-0.3, -0.25) is 14.5 Å². The fraction of sp³-hybridized carbons (Fsp3) is 0.579. The molecule has 4 N–H and O–H groups in total. The number of nitrogens with two attached hydrogens (primary N) is 1. The molecule has 0 spiro atoms. The van der Waals surface area contributed by atoms with Gasteiger partial charge in [-0.1, -0.05) is 12.1 Å². The van der Waals surface area contributed by atoms with Gasteiger partial charge in [0.05, 0.1) is 11.6 Å². The highest BCUT2D eigenvalue weighted by atomic mass is 35.5. The Balaban J connectivity index is 0.00000182. The number of benzene rings is 1. The van der Waals surface area contributed by atoms with Crippen LogP contribution in [0.25, 0.3) is 0 Å². The lowest BCUT2D eigenvalue weighted by molar-refractivity contribution is -0.123. The van der Waals surface area contributed by atoms with Gasteiger partial charge < -0.3 is 16.4 Å². The number of rotatable bonds is 5. The van der Waals surface area contributed by atoms with Crippen molar-refractivity contribution in [3.05, 3.63) is 29.8 Å². The lowest BCUT2D eigenvalue weighted by Crippen LogP contribution is -2.54. The van der Waals surface area contributed by atoms with E-state index in [0.29, 0.717) is 6.54 Å². The molecule has 0 bridgehead atoms. The van der Waals surface area contributed by atoms with Crippen LogP contribution in [0.4, 0.5) is 5.69 Å². The first-order valence-electron chi connectivity index (χ1n) is 9.17. The van der Waals surface area contributed by atoms with Crippen LogP contribution < -0.4 is 16.4 Å². The zero-order valence-electron chi connectivity index (χ0n) is 15.7. The molecule has 0 radical (unpaired) electrons. The van der Waals surface area contributed by atoms with E-state index in [1.54, 1.807) is 0 Å². The second-order valence-corrected chi connectivity index (χ2v) is 7.40. The normalized spacial score (nSPS) is 25.1. The molecule has 2 amide bonds. The van der Waals surface area contributed by atoms with Gasteiger partial charge in [-0.05, 0) is 69.8 Å². The maximum atomic E-state index is 12.6. The molecule has 0 aromatic heterocycles.